The molecule has 0 N–H and O–H groups in total. The van der Waals surface area contributed by atoms with Gasteiger partial charge in [0.05, 0.1) is 0 Å². The molecule has 0 saturated carbocycles. The van der Waals surface area contributed by atoms with Gasteiger partial charge in [0, 0.05) is 24.2 Å². The van der Waals surface area contributed by atoms with Crippen LogP contribution in [0.5, 0.6) is 0 Å². The van der Waals surface area contributed by atoms with Gasteiger partial charge in [0.2, 0.25) is 0 Å². The molecule has 1 aromatic carbocycles. The largest absolute Gasteiger partial charge is 0.339 e. The summed E-state index contributed by atoms with van der Waals surface area (Å²) in [5, 5.41) is 3.76. The van der Waals surface area contributed by atoms with Crippen molar-refractivity contribution in [3.63, 3.8) is 0 Å². The van der Waals surface area contributed by atoms with E-state index >= 15 is 0 Å². The van der Waals surface area contributed by atoms with Crippen LogP contribution in [-0.2, 0) is 0 Å². The fourth-order valence-electron chi connectivity index (χ4n) is 2.45. The van der Waals surface area contributed by atoms with Gasteiger partial charge in [0.15, 0.2) is 5.82 Å². The van der Waals surface area contributed by atoms with Crippen LogP contribution in [0.3, 0.4) is 0 Å². The van der Waals surface area contributed by atoms with Gasteiger partial charge in [-0.3, -0.25) is 4.79 Å². The van der Waals surface area contributed by atoms with Crippen LogP contribution in [0.4, 0.5) is 0 Å². The standard InChI is InChI=1S/C15H17N3O2/c1-11-16-14(20-17-11)12-5-7-13(8-6-12)15(19)18-9-3-2-4-10-18/h5-8H,2-4,9-10H2,1H3. The number of likely N-dealkylation sites (tertiary alicyclic amines) is 1. The van der Waals surface area contributed by atoms with E-state index in [-0.39, 0.29) is 5.91 Å². The van der Waals surface area contributed by atoms with E-state index in [4.69, 9.17) is 4.52 Å². The topological polar surface area (TPSA) is 59.2 Å². The number of benzene rings is 1. The SMILES string of the molecule is Cc1noc(-c2ccc(C(=O)N3CCCCC3)cc2)n1. The van der Waals surface area contributed by atoms with E-state index in [2.05, 4.69) is 10.1 Å². The Hall–Kier alpha value is -2.17. The van der Waals surface area contributed by atoms with Gasteiger partial charge in [0.25, 0.3) is 11.8 Å². The van der Waals surface area contributed by atoms with Gasteiger partial charge in [0.1, 0.15) is 0 Å². The molecule has 0 atom stereocenters. The van der Waals surface area contributed by atoms with E-state index in [1.807, 2.05) is 29.2 Å². The maximum absolute atomic E-state index is 12.3. The van der Waals surface area contributed by atoms with Crippen LogP contribution in [0.25, 0.3) is 11.5 Å². The van der Waals surface area contributed by atoms with E-state index < -0.39 is 0 Å². The van der Waals surface area contributed by atoms with Crippen molar-refractivity contribution in [2.45, 2.75) is 26.2 Å². The maximum Gasteiger partial charge on any atom is 0.257 e. The predicted molar refractivity (Wildman–Crippen MR) is 74.2 cm³/mol. The summed E-state index contributed by atoms with van der Waals surface area (Å²) < 4.78 is 5.11. The van der Waals surface area contributed by atoms with Crippen molar-refractivity contribution in [2.75, 3.05) is 13.1 Å². The summed E-state index contributed by atoms with van der Waals surface area (Å²) in [4.78, 5) is 18.4. The summed E-state index contributed by atoms with van der Waals surface area (Å²) in [5.74, 6) is 1.20. The first kappa shape index (κ1) is 12.8. The fourth-order valence-corrected chi connectivity index (χ4v) is 2.45. The van der Waals surface area contributed by atoms with Gasteiger partial charge >= 0.3 is 0 Å². The normalized spacial score (nSPS) is 15.3. The average molecular weight is 271 g/mol. The molecule has 0 aliphatic carbocycles. The highest BCUT2D eigenvalue weighted by Crippen LogP contribution is 2.19. The number of aromatic nitrogens is 2. The van der Waals surface area contributed by atoms with E-state index in [0.717, 1.165) is 31.5 Å². The second kappa shape index (κ2) is 5.45. The minimum Gasteiger partial charge on any atom is -0.339 e. The molecule has 1 amide bonds. The van der Waals surface area contributed by atoms with Gasteiger partial charge in [-0.2, -0.15) is 4.98 Å². The van der Waals surface area contributed by atoms with Crippen molar-refractivity contribution in [3.05, 3.63) is 35.7 Å². The highest BCUT2D eigenvalue weighted by Gasteiger charge is 2.18. The molecular formula is C15H17N3O2. The Balaban J connectivity index is 1.77. The molecule has 3 rings (SSSR count). The third kappa shape index (κ3) is 2.57. The molecule has 1 aromatic heterocycles. The zero-order chi connectivity index (χ0) is 13.9. The first-order chi connectivity index (χ1) is 9.74. The summed E-state index contributed by atoms with van der Waals surface area (Å²) in [5.41, 5.74) is 1.55. The van der Waals surface area contributed by atoms with Crippen LogP contribution in [0.2, 0.25) is 0 Å². The third-order valence-electron chi connectivity index (χ3n) is 3.55. The predicted octanol–water partition coefficient (Wildman–Crippen LogP) is 2.67. The summed E-state index contributed by atoms with van der Waals surface area (Å²) in [6.45, 7) is 3.51. The lowest BCUT2D eigenvalue weighted by atomic mass is 10.1. The first-order valence-corrected chi connectivity index (χ1v) is 6.94. The molecule has 0 spiro atoms. The van der Waals surface area contributed by atoms with E-state index in [0.29, 0.717) is 17.3 Å². The van der Waals surface area contributed by atoms with E-state index in [1.54, 1.807) is 6.92 Å². The lowest BCUT2D eigenvalue weighted by molar-refractivity contribution is 0.0724. The smallest absolute Gasteiger partial charge is 0.257 e. The average Bonchev–Trinajstić information content (AvgIpc) is 2.94. The van der Waals surface area contributed by atoms with Crippen LogP contribution in [0.15, 0.2) is 28.8 Å². The Bertz CT molecular complexity index is 598. The Morgan fingerprint density at radius 2 is 1.85 bits per heavy atom. The summed E-state index contributed by atoms with van der Waals surface area (Å²) in [7, 11) is 0. The number of hydrogen-bond donors (Lipinski definition) is 0. The number of aryl methyl sites for hydroxylation is 1. The molecule has 2 aromatic rings. The molecule has 5 heteroatoms. The number of hydrogen-bond acceptors (Lipinski definition) is 4. The van der Waals surface area contributed by atoms with Crippen molar-refractivity contribution in [2.24, 2.45) is 0 Å². The zero-order valence-electron chi connectivity index (χ0n) is 11.5. The molecule has 0 unspecified atom stereocenters. The molecule has 5 nitrogen and oxygen atoms in total. The molecule has 20 heavy (non-hydrogen) atoms. The summed E-state index contributed by atoms with van der Waals surface area (Å²) in [6, 6.07) is 7.35. The van der Waals surface area contributed by atoms with Crippen molar-refractivity contribution in [1.82, 2.24) is 15.0 Å². The second-order valence-electron chi connectivity index (χ2n) is 5.08. The Morgan fingerprint density at radius 1 is 1.15 bits per heavy atom. The van der Waals surface area contributed by atoms with Crippen molar-refractivity contribution in [1.29, 1.82) is 0 Å². The van der Waals surface area contributed by atoms with Crippen LogP contribution in [0.1, 0.15) is 35.4 Å². The molecule has 1 aliphatic heterocycles. The van der Waals surface area contributed by atoms with Gasteiger partial charge in [-0.05, 0) is 50.5 Å². The number of piperidine rings is 1. The second-order valence-corrected chi connectivity index (χ2v) is 5.08. The van der Waals surface area contributed by atoms with Crippen molar-refractivity contribution in [3.8, 4) is 11.5 Å². The number of carbonyl (C=O) groups excluding carboxylic acids is 1. The zero-order valence-corrected chi connectivity index (χ0v) is 11.5. The van der Waals surface area contributed by atoms with Crippen LogP contribution in [-0.4, -0.2) is 34.0 Å². The number of amides is 1. The minimum absolute atomic E-state index is 0.109. The monoisotopic (exact) mass is 271 g/mol. The lowest BCUT2D eigenvalue weighted by Crippen LogP contribution is -2.35. The maximum atomic E-state index is 12.3. The number of nitrogens with zero attached hydrogens (tertiary/aromatic N) is 3. The molecule has 1 saturated heterocycles. The first-order valence-electron chi connectivity index (χ1n) is 6.94. The number of carbonyl (C=O) groups is 1. The summed E-state index contributed by atoms with van der Waals surface area (Å²) in [6.07, 6.45) is 3.43. The Labute approximate surface area is 117 Å². The van der Waals surface area contributed by atoms with Crippen LogP contribution >= 0.6 is 0 Å². The molecule has 0 radical (unpaired) electrons. The highest BCUT2D eigenvalue weighted by molar-refractivity contribution is 5.94. The van der Waals surface area contributed by atoms with Gasteiger partial charge in [-0.15, -0.1) is 0 Å². The molecule has 2 heterocycles. The van der Waals surface area contributed by atoms with E-state index in [1.165, 1.54) is 6.42 Å². The van der Waals surface area contributed by atoms with Crippen molar-refractivity contribution >= 4 is 5.91 Å². The third-order valence-corrected chi connectivity index (χ3v) is 3.55. The molecule has 104 valence electrons. The Morgan fingerprint density at radius 3 is 2.45 bits per heavy atom. The Kier molecular flexibility index (Phi) is 3.50. The number of rotatable bonds is 2. The fraction of sp³-hybridized carbons (Fsp3) is 0.400. The molecule has 0 bridgehead atoms. The van der Waals surface area contributed by atoms with Gasteiger partial charge < -0.3 is 9.42 Å². The van der Waals surface area contributed by atoms with Crippen molar-refractivity contribution < 1.29 is 9.32 Å². The van der Waals surface area contributed by atoms with Crippen LogP contribution in [0, 0.1) is 6.92 Å². The van der Waals surface area contributed by atoms with Gasteiger partial charge in [-0.1, -0.05) is 5.16 Å². The molecule has 1 aliphatic rings. The lowest BCUT2D eigenvalue weighted by Gasteiger charge is -2.26. The minimum atomic E-state index is 0.109. The molecular weight excluding hydrogens is 254 g/mol. The van der Waals surface area contributed by atoms with Crippen LogP contribution < -0.4 is 0 Å². The van der Waals surface area contributed by atoms with E-state index in [9.17, 15) is 4.79 Å². The molecule has 1 fully saturated rings. The summed E-state index contributed by atoms with van der Waals surface area (Å²) >= 11 is 0. The quantitative estimate of drug-likeness (QED) is 0.842. The highest BCUT2D eigenvalue weighted by atomic mass is 16.5. The van der Waals surface area contributed by atoms with Gasteiger partial charge in [-0.25, -0.2) is 0 Å².